The Hall–Kier alpha value is -3.32. The summed E-state index contributed by atoms with van der Waals surface area (Å²) >= 11 is 0. The highest BCUT2D eigenvalue weighted by Crippen LogP contribution is 2.32. The van der Waals surface area contributed by atoms with Crippen molar-refractivity contribution in [2.75, 3.05) is 0 Å². The summed E-state index contributed by atoms with van der Waals surface area (Å²) in [5.41, 5.74) is 1.87. The molecule has 0 radical (unpaired) electrons. The lowest BCUT2D eigenvalue weighted by molar-refractivity contribution is 0.303. The highest BCUT2D eigenvalue weighted by molar-refractivity contribution is 5.90. The number of rotatable bonds is 5. The van der Waals surface area contributed by atoms with Crippen molar-refractivity contribution >= 4 is 16.8 Å². The largest absolute Gasteiger partial charge is 0.271 e. The molecule has 0 heterocycles. The van der Waals surface area contributed by atoms with Crippen LogP contribution in [0, 0.1) is 35.3 Å². The Morgan fingerprint density at radius 1 is 0.941 bits per heavy atom. The molecular weight excluding hydrogens is 436 g/mol. The van der Waals surface area contributed by atoms with Gasteiger partial charge in [0.05, 0.1) is 5.56 Å². The molecule has 0 spiro atoms. The molecule has 34 heavy (non-hydrogen) atoms. The predicted octanol–water partition coefficient (Wildman–Crippen LogP) is 9.15. The first-order valence-corrected chi connectivity index (χ1v) is 11.6. The van der Waals surface area contributed by atoms with Gasteiger partial charge in [-0.15, -0.1) is 6.58 Å². The smallest absolute Gasteiger partial charge is 0.206 e. The zero-order valence-corrected chi connectivity index (χ0v) is 18.9. The number of hydrogen-bond acceptors (Lipinski definition) is 0. The topological polar surface area (TPSA) is 0 Å². The van der Waals surface area contributed by atoms with Crippen molar-refractivity contribution in [1.82, 2.24) is 0 Å². The molecule has 0 N–H and O–H groups in total. The normalized spacial score (nSPS) is 17.6. The van der Waals surface area contributed by atoms with Crippen molar-refractivity contribution in [2.45, 2.75) is 38.5 Å². The monoisotopic (exact) mass is 462 g/mol. The van der Waals surface area contributed by atoms with Crippen LogP contribution in [0.1, 0.15) is 49.7 Å². The summed E-state index contributed by atoms with van der Waals surface area (Å²) in [6.45, 7) is 3.80. The molecule has 3 aromatic carbocycles. The Kier molecular flexibility index (Phi) is 7.53. The van der Waals surface area contributed by atoms with Gasteiger partial charge in [0.25, 0.3) is 6.08 Å². The summed E-state index contributed by atoms with van der Waals surface area (Å²) in [5, 5.41) is 0.413. The summed E-state index contributed by atoms with van der Waals surface area (Å²) in [6.07, 6.45) is 7.14. The standard InChI is InChI=1S/C30H26F4/c1-2-3-4-20-5-7-21(8-6-20)9-10-22-11-13-23(14-12-22)24-15-16-26-25(17-24)18-28(31)27(30(26)34)19-29(32)33/h2,11-21H,1,3-8H2. The van der Waals surface area contributed by atoms with E-state index < -0.39 is 23.3 Å². The first-order chi connectivity index (χ1) is 16.4. The number of allylic oxidation sites excluding steroid dienone is 1. The van der Waals surface area contributed by atoms with Crippen LogP contribution in [0.3, 0.4) is 0 Å². The average molecular weight is 463 g/mol. The second kappa shape index (κ2) is 10.7. The molecule has 0 atom stereocenters. The van der Waals surface area contributed by atoms with E-state index in [0.29, 0.717) is 11.3 Å². The van der Waals surface area contributed by atoms with Gasteiger partial charge in [-0.25, -0.2) is 8.78 Å². The van der Waals surface area contributed by atoms with Gasteiger partial charge < -0.3 is 0 Å². The van der Waals surface area contributed by atoms with E-state index in [-0.39, 0.29) is 11.5 Å². The molecule has 1 fully saturated rings. The third-order valence-electron chi connectivity index (χ3n) is 6.58. The molecule has 0 amide bonds. The lowest BCUT2D eigenvalue weighted by Crippen LogP contribution is -2.13. The van der Waals surface area contributed by atoms with E-state index in [9.17, 15) is 17.6 Å². The van der Waals surface area contributed by atoms with Gasteiger partial charge in [0, 0.05) is 22.9 Å². The van der Waals surface area contributed by atoms with Crippen LogP contribution in [0.2, 0.25) is 0 Å². The summed E-state index contributed by atoms with van der Waals surface area (Å²) in [5.74, 6) is 5.93. The first kappa shape index (κ1) is 23.8. The van der Waals surface area contributed by atoms with E-state index in [1.54, 1.807) is 12.1 Å². The van der Waals surface area contributed by atoms with Crippen LogP contribution in [0.15, 0.2) is 67.3 Å². The Bertz CT molecular complexity index is 1260. The molecule has 1 saturated carbocycles. The van der Waals surface area contributed by atoms with Crippen LogP contribution in [0.4, 0.5) is 17.6 Å². The lowest BCUT2D eigenvalue weighted by Gasteiger charge is -2.25. The van der Waals surface area contributed by atoms with Gasteiger partial charge >= 0.3 is 0 Å². The maximum Gasteiger partial charge on any atom is 0.271 e. The van der Waals surface area contributed by atoms with Gasteiger partial charge in [-0.1, -0.05) is 42.2 Å². The van der Waals surface area contributed by atoms with Crippen molar-refractivity contribution in [3.63, 3.8) is 0 Å². The van der Waals surface area contributed by atoms with Crippen LogP contribution in [0.25, 0.3) is 28.0 Å². The third kappa shape index (κ3) is 5.59. The van der Waals surface area contributed by atoms with E-state index in [2.05, 4.69) is 18.4 Å². The minimum Gasteiger partial charge on any atom is -0.206 e. The molecule has 1 aliphatic rings. The molecule has 1 aliphatic carbocycles. The SMILES string of the molecule is C=CCCC1CCC(C#Cc2ccc(-c3ccc4c(F)c(C=C(F)F)c(F)cc4c3)cc2)CC1. The maximum atomic E-state index is 14.6. The Balaban J connectivity index is 1.48. The highest BCUT2D eigenvalue weighted by Gasteiger charge is 2.19. The molecule has 4 heteroatoms. The Morgan fingerprint density at radius 3 is 2.32 bits per heavy atom. The molecule has 0 aliphatic heterocycles. The average Bonchev–Trinajstić information content (AvgIpc) is 2.84. The fraction of sp³-hybridized carbons (Fsp3) is 0.267. The molecule has 3 aromatic rings. The van der Waals surface area contributed by atoms with E-state index in [1.807, 2.05) is 30.3 Å². The van der Waals surface area contributed by atoms with Crippen LogP contribution >= 0.6 is 0 Å². The molecule has 0 unspecified atom stereocenters. The van der Waals surface area contributed by atoms with Crippen LogP contribution in [0.5, 0.6) is 0 Å². The van der Waals surface area contributed by atoms with Crippen LogP contribution < -0.4 is 0 Å². The minimum atomic E-state index is -2.15. The number of fused-ring (bicyclic) bond motifs is 1. The van der Waals surface area contributed by atoms with Crippen LogP contribution in [-0.2, 0) is 0 Å². The number of benzene rings is 3. The molecule has 0 nitrogen and oxygen atoms in total. The molecule has 4 rings (SSSR count). The molecule has 0 bridgehead atoms. The third-order valence-corrected chi connectivity index (χ3v) is 6.58. The number of halogens is 4. The fourth-order valence-corrected chi connectivity index (χ4v) is 4.65. The van der Waals surface area contributed by atoms with Gasteiger partial charge in [-0.2, -0.15) is 8.78 Å². The summed E-state index contributed by atoms with van der Waals surface area (Å²) in [6, 6.07) is 13.7. The number of hydrogen-bond donors (Lipinski definition) is 0. The van der Waals surface area contributed by atoms with Gasteiger partial charge in [0.1, 0.15) is 11.6 Å². The van der Waals surface area contributed by atoms with Gasteiger partial charge in [-0.3, -0.25) is 0 Å². The molecular formula is C30H26F4. The van der Waals surface area contributed by atoms with Crippen molar-refractivity contribution < 1.29 is 17.6 Å². The fourth-order valence-electron chi connectivity index (χ4n) is 4.65. The van der Waals surface area contributed by atoms with E-state index in [0.717, 1.165) is 47.9 Å². The summed E-state index contributed by atoms with van der Waals surface area (Å²) in [7, 11) is 0. The molecule has 0 aromatic heterocycles. The first-order valence-electron chi connectivity index (χ1n) is 11.6. The maximum absolute atomic E-state index is 14.6. The van der Waals surface area contributed by atoms with E-state index >= 15 is 0 Å². The van der Waals surface area contributed by atoms with Crippen molar-refractivity contribution in [3.8, 4) is 23.0 Å². The van der Waals surface area contributed by atoms with Crippen molar-refractivity contribution in [2.24, 2.45) is 11.8 Å². The van der Waals surface area contributed by atoms with E-state index in [1.165, 1.54) is 25.3 Å². The highest BCUT2D eigenvalue weighted by atomic mass is 19.3. The predicted molar refractivity (Wildman–Crippen MR) is 131 cm³/mol. The quantitative estimate of drug-likeness (QED) is 0.201. The van der Waals surface area contributed by atoms with Gasteiger partial charge in [0.15, 0.2) is 0 Å². The zero-order valence-electron chi connectivity index (χ0n) is 18.9. The van der Waals surface area contributed by atoms with Gasteiger partial charge in [0.2, 0.25) is 0 Å². The second-order valence-corrected chi connectivity index (χ2v) is 8.89. The van der Waals surface area contributed by atoms with Crippen LogP contribution in [-0.4, -0.2) is 0 Å². The summed E-state index contributed by atoms with van der Waals surface area (Å²) < 4.78 is 53.8. The van der Waals surface area contributed by atoms with E-state index in [4.69, 9.17) is 0 Å². The Morgan fingerprint density at radius 2 is 1.65 bits per heavy atom. The lowest BCUT2D eigenvalue weighted by atomic mass is 9.80. The molecule has 0 saturated heterocycles. The summed E-state index contributed by atoms with van der Waals surface area (Å²) in [4.78, 5) is 0. The minimum absolute atomic E-state index is 0.0966. The second-order valence-electron chi connectivity index (χ2n) is 8.89. The van der Waals surface area contributed by atoms with Crippen molar-refractivity contribution in [1.29, 1.82) is 0 Å². The van der Waals surface area contributed by atoms with Crippen molar-refractivity contribution in [3.05, 3.63) is 90.0 Å². The Labute approximate surface area is 198 Å². The van der Waals surface area contributed by atoms with Gasteiger partial charge in [-0.05, 0) is 85.2 Å². The zero-order chi connectivity index (χ0) is 24.1. The molecule has 174 valence electrons.